The summed E-state index contributed by atoms with van der Waals surface area (Å²) in [6, 6.07) is 30.7. The standard InChI is InChI=1S/C38H34Cl4Si/c1-23-15-17-33(37(39,40)27-11-7-5-8-12-27)29-19-25(3)31(35(23)29)21-43-22-32-26(4)20-30-34(18-16-24(2)36(30)32)38(41,42)28-13-9-6-10-14-28/h5-20,31-32H,21-22H2,1-4H3. The first-order valence-corrected chi connectivity index (χ1v) is 17.7. The van der Waals surface area contributed by atoms with Crippen LogP contribution in [0, 0.1) is 13.8 Å². The molecule has 0 aliphatic heterocycles. The van der Waals surface area contributed by atoms with Crippen molar-refractivity contribution in [2.45, 2.75) is 60.3 Å². The molecule has 2 radical (unpaired) electrons. The summed E-state index contributed by atoms with van der Waals surface area (Å²) in [7, 11) is 0.788. The van der Waals surface area contributed by atoms with Gasteiger partial charge in [0.05, 0.1) is 0 Å². The summed E-state index contributed by atoms with van der Waals surface area (Å²) >= 11 is 28.3. The van der Waals surface area contributed by atoms with Gasteiger partial charge >= 0.3 is 0 Å². The van der Waals surface area contributed by atoms with Crippen molar-refractivity contribution in [2.75, 3.05) is 0 Å². The van der Waals surface area contributed by atoms with Crippen molar-refractivity contribution >= 4 is 68.1 Å². The van der Waals surface area contributed by atoms with Crippen LogP contribution in [0.2, 0.25) is 12.1 Å². The third kappa shape index (κ3) is 5.47. The zero-order chi connectivity index (χ0) is 30.5. The van der Waals surface area contributed by atoms with Crippen LogP contribution >= 0.6 is 46.4 Å². The Balaban J connectivity index is 1.26. The molecule has 0 nitrogen and oxygen atoms in total. The Bertz CT molecular complexity index is 1610. The van der Waals surface area contributed by atoms with E-state index in [4.69, 9.17) is 46.4 Å². The number of allylic oxidation sites excluding steroid dienone is 2. The first kappa shape index (κ1) is 30.7. The van der Waals surface area contributed by atoms with Crippen LogP contribution in [0.4, 0.5) is 0 Å². The summed E-state index contributed by atoms with van der Waals surface area (Å²) in [5.41, 5.74) is 14.2. The zero-order valence-electron chi connectivity index (χ0n) is 24.8. The molecular weight excluding hydrogens is 626 g/mol. The molecule has 0 saturated heterocycles. The van der Waals surface area contributed by atoms with Crippen molar-refractivity contribution in [3.63, 3.8) is 0 Å². The molecule has 5 heteroatoms. The highest BCUT2D eigenvalue weighted by Crippen LogP contribution is 2.51. The van der Waals surface area contributed by atoms with Gasteiger partial charge in [-0.2, -0.15) is 0 Å². The van der Waals surface area contributed by atoms with Gasteiger partial charge in [-0.1, -0.05) is 167 Å². The normalized spacial score (nSPS) is 17.9. The van der Waals surface area contributed by atoms with Crippen molar-refractivity contribution in [2.24, 2.45) is 0 Å². The molecule has 4 aromatic carbocycles. The average Bonchev–Trinajstić information content (AvgIpc) is 3.50. The smallest absolute Gasteiger partial charge is 0.0909 e. The number of aryl methyl sites for hydroxylation is 2. The monoisotopic (exact) mass is 658 g/mol. The lowest BCUT2D eigenvalue weighted by Gasteiger charge is -2.26. The van der Waals surface area contributed by atoms with Crippen LogP contribution in [0.25, 0.3) is 12.2 Å². The van der Waals surface area contributed by atoms with Crippen LogP contribution in [0.3, 0.4) is 0 Å². The summed E-state index contributed by atoms with van der Waals surface area (Å²) in [4.78, 5) is 0. The third-order valence-electron chi connectivity index (χ3n) is 9.20. The van der Waals surface area contributed by atoms with Gasteiger partial charge in [0.1, 0.15) is 0 Å². The lowest BCUT2D eigenvalue weighted by atomic mass is 9.89. The van der Waals surface area contributed by atoms with Crippen LogP contribution in [-0.4, -0.2) is 9.52 Å². The largest absolute Gasteiger partial charge is 0.168 e. The molecule has 6 rings (SSSR count). The molecule has 0 saturated carbocycles. The number of halogens is 4. The van der Waals surface area contributed by atoms with E-state index in [2.05, 4.69) is 64.1 Å². The molecule has 2 unspecified atom stereocenters. The van der Waals surface area contributed by atoms with Gasteiger partial charge in [0.25, 0.3) is 0 Å². The number of fused-ring (bicyclic) bond motifs is 2. The predicted octanol–water partition coefficient (Wildman–Crippen LogP) is 11.9. The first-order chi connectivity index (χ1) is 20.5. The molecule has 218 valence electrons. The van der Waals surface area contributed by atoms with Gasteiger partial charge in [-0.05, 0) is 83.3 Å². The minimum Gasteiger partial charge on any atom is -0.0909 e. The van der Waals surface area contributed by atoms with Gasteiger partial charge in [0.2, 0.25) is 0 Å². The maximum Gasteiger partial charge on any atom is 0.168 e. The van der Waals surface area contributed by atoms with Crippen molar-refractivity contribution in [3.05, 3.63) is 152 Å². The van der Waals surface area contributed by atoms with Crippen molar-refractivity contribution in [3.8, 4) is 0 Å². The Kier molecular flexibility index (Phi) is 8.52. The Morgan fingerprint density at radius 2 is 0.907 bits per heavy atom. The van der Waals surface area contributed by atoms with Crippen molar-refractivity contribution < 1.29 is 0 Å². The molecule has 2 aliphatic rings. The Morgan fingerprint density at radius 3 is 1.28 bits per heavy atom. The van der Waals surface area contributed by atoms with E-state index in [0.29, 0.717) is 11.8 Å². The fourth-order valence-corrected chi connectivity index (χ4v) is 9.85. The van der Waals surface area contributed by atoms with E-state index in [0.717, 1.165) is 43.9 Å². The Morgan fingerprint density at radius 1 is 0.535 bits per heavy atom. The summed E-state index contributed by atoms with van der Waals surface area (Å²) in [6.07, 6.45) is 4.62. The molecule has 43 heavy (non-hydrogen) atoms. The number of rotatable bonds is 8. The van der Waals surface area contributed by atoms with E-state index in [1.54, 1.807) is 0 Å². The Hall–Kier alpha value is -2.26. The number of alkyl halides is 4. The maximum absolute atomic E-state index is 7.08. The summed E-state index contributed by atoms with van der Waals surface area (Å²) in [5, 5.41) is 0. The summed E-state index contributed by atoms with van der Waals surface area (Å²) < 4.78 is -2.23. The Labute approximate surface area is 278 Å². The van der Waals surface area contributed by atoms with E-state index in [9.17, 15) is 0 Å². The van der Waals surface area contributed by atoms with Gasteiger partial charge in [-0.25, -0.2) is 0 Å². The lowest BCUT2D eigenvalue weighted by Crippen LogP contribution is -2.16. The SMILES string of the molecule is CC1=Cc2c(C(Cl)(Cl)c3ccccc3)ccc(C)c2C1C[Si]CC1C(C)=Cc2c(C(Cl)(Cl)c3ccccc3)ccc(C)c21. The van der Waals surface area contributed by atoms with E-state index in [1.807, 2.05) is 60.7 Å². The lowest BCUT2D eigenvalue weighted by molar-refractivity contribution is 0.861. The quantitative estimate of drug-likeness (QED) is 0.130. The molecule has 4 aromatic rings. The highest BCUT2D eigenvalue weighted by molar-refractivity contribution is 6.50. The predicted molar refractivity (Wildman–Crippen MR) is 188 cm³/mol. The molecule has 0 N–H and O–H groups in total. The molecule has 0 spiro atoms. The summed E-state index contributed by atoms with van der Waals surface area (Å²) in [5.74, 6) is 0.726. The van der Waals surface area contributed by atoms with Crippen molar-refractivity contribution in [1.29, 1.82) is 0 Å². The van der Waals surface area contributed by atoms with Gasteiger partial charge in [-0.3, -0.25) is 0 Å². The second kappa shape index (κ2) is 11.9. The average molecular weight is 661 g/mol. The first-order valence-electron chi connectivity index (χ1n) is 14.7. The maximum atomic E-state index is 7.08. The van der Waals surface area contributed by atoms with E-state index >= 15 is 0 Å². The number of hydrogen-bond donors (Lipinski definition) is 0. The molecule has 0 aromatic heterocycles. The van der Waals surface area contributed by atoms with Crippen molar-refractivity contribution in [1.82, 2.24) is 0 Å². The van der Waals surface area contributed by atoms with Crippen LogP contribution in [0.15, 0.2) is 96.1 Å². The van der Waals surface area contributed by atoms with E-state index in [1.165, 1.54) is 44.5 Å². The fraction of sp³-hybridized carbons (Fsp3) is 0.263. The van der Waals surface area contributed by atoms with Gasteiger partial charge < -0.3 is 0 Å². The highest BCUT2D eigenvalue weighted by Gasteiger charge is 2.38. The number of benzene rings is 4. The van der Waals surface area contributed by atoms with E-state index in [-0.39, 0.29) is 0 Å². The van der Waals surface area contributed by atoms with Crippen LogP contribution in [0.5, 0.6) is 0 Å². The van der Waals surface area contributed by atoms with Gasteiger partial charge in [0, 0.05) is 21.4 Å². The molecule has 0 fully saturated rings. The molecule has 0 heterocycles. The molecule has 0 bridgehead atoms. The molecule has 0 amide bonds. The molecule has 2 aliphatic carbocycles. The fourth-order valence-electron chi connectivity index (χ4n) is 6.89. The van der Waals surface area contributed by atoms with E-state index < -0.39 is 8.67 Å². The minimum atomic E-state index is -1.11. The zero-order valence-corrected chi connectivity index (χ0v) is 28.8. The summed E-state index contributed by atoms with van der Waals surface area (Å²) in [6.45, 7) is 8.92. The number of hydrogen-bond acceptors (Lipinski definition) is 0. The van der Waals surface area contributed by atoms with Gasteiger partial charge in [-0.15, -0.1) is 0 Å². The topological polar surface area (TPSA) is 0 Å². The third-order valence-corrected chi connectivity index (χ3v) is 12.3. The second-order valence-electron chi connectivity index (χ2n) is 11.9. The molecule has 2 atom stereocenters. The molecular formula is C38H34Cl4Si. The van der Waals surface area contributed by atoms with Crippen LogP contribution in [0.1, 0.15) is 81.3 Å². The highest BCUT2D eigenvalue weighted by atomic mass is 35.5. The van der Waals surface area contributed by atoms with Gasteiger partial charge in [0.15, 0.2) is 8.67 Å². The van der Waals surface area contributed by atoms with Crippen LogP contribution in [-0.2, 0) is 8.67 Å². The second-order valence-corrected chi connectivity index (χ2v) is 15.9. The minimum absolute atomic E-state index is 0.363. The van der Waals surface area contributed by atoms with Crippen LogP contribution < -0.4 is 0 Å².